The highest BCUT2D eigenvalue weighted by atomic mass is 32.2. The van der Waals surface area contributed by atoms with Crippen LogP contribution in [-0.2, 0) is 9.59 Å². The predicted octanol–water partition coefficient (Wildman–Crippen LogP) is 3.81. The van der Waals surface area contributed by atoms with Gasteiger partial charge in [0.05, 0.1) is 17.1 Å². The molecule has 8 heteroatoms. The molecule has 1 unspecified atom stereocenters. The minimum Gasteiger partial charge on any atom is -0.323 e. The highest BCUT2D eigenvalue weighted by Gasteiger charge is 2.42. The first-order valence-electron chi connectivity index (χ1n) is 9.22. The number of carbonyl (C=O) groups is 2. The fourth-order valence-electron chi connectivity index (χ4n) is 3.18. The molecule has 0 spiro atoms. The number of para-hydroxylation sites is 2. The van der Waals surface area contributed by atoms with Crippen molar-refractivity contribution >= 4 is 46.0 Å². The lowest BCUT2D eigenvalue weighted by atomic mass is 10.1. The largest absolute Gasteiger partial charge is 0.323 e. The first kappa shape index (κ1) is 19.3. The molecular weight excluding hydrogens is 391 g/mol. The van der Waals surface area contributed by atoms with Crippen molar-refractivity contribution in [2.24, 2.45) is 15.9 Å². The molecule has 1 atom stereocenters. The Hall–Kier alpha value is -3.00. The third-order valence-corrected chi connectivity index (χ3v) is 5.55. The van der Waals surface area contributed by atoms with Crippen molar-refractivity contribution in [2.45, 2.75) is 19.9 Å². The normalized spacial score (nSPS) is 17.6. The minimum absolute atomic E-state index is 0.0151. The number of hydrogen-bond donors (Lipinski definition) is 1. The second kappa shape index (κ2) is 7.79. The standard InChI is InChI=1S/C21H19FN4O2S/c1-12(2)18-20(28)26-19(25-18)13-7-3-5-9-15(13)24-21(26)29-11-17(27)23-16-10-6-4-8-14(16)22/h3-10,12,18H,11H2,1-2H3,(H,23,27). The summed E-state index contributed by atoms with van der Waals surface area (Å²) in [5.41, 5.74) is 1.62. The number of aliphatic imine (C=N–C) groups is 2. The summed E-state index contributed by atoms with van der Waals surface area (Å²) in [5.74, 6) is -0.436. The zero-order chi connectivity index (χ0) is 20.5. The number of nitrogens with zero attached hydrogens (tertiary/aromatic N) is 3. The molecule has 0 fully saturated rings. The molecule has 0 radical (unpaired) electrons. The number of amides is 2. The Morgan fingerprint density at radius 3 is 2.69 bits per heavy atom. The SMILES string of the molecule is CC(C)C1N=C2c3ccccc3N=C(SCC(=O)Nc3ccccc3F)N2C1=O. The van der Waals surface area contributed by atoms with Crippen molar-refractivity contribution < 1.29 is 14.0 Å². The van der Waals surface area contributed by atoms with Gasteiger partial charge in [0.1, 0.15) is 17.7 Å². The summed E-state index contributed by atoms with van der Waals surface area (Å²) in [7, 11) is 0. The highest BCUT2D eigenvalue weighted by Crippen LogP contribution is 2.34. The van der Waals surface area contributed by atoms with Crippen molar-refractivity contribution in [3.63, 3.8) is 0 Å². The second-order valence-corrected chi connectivity index (χ2v) is 7.99. The van der Waals surface area contributed by atoms with Crippen LogP contribution >= 0.6 is 11.8 Å². The average Bonchev–Trinajstić information content (AvgIpc) is 3.06. The summed E-state index contributed by atoms with van der Waals surface area (Å²) in [6.45, 7) is 3.89. The first-order chi connectivity index (χ1) is 14.0. The molecule has 2 aliphatic heterocycles. The minimum atomic E-state index is -0.501. The molecule has 29 heavy (non-hydrogen) atoms. The van der Waals surface area contributed by atoms with Crippen LogP contribution < -0.4 is 5.32 Å². The van der Waals surface area contributed by atoms with Crippen LogP contribution in [0.5, 0.6) is 0 Å². The molecule has 2 heterocycles. The van der Waals surface area contributed by atoms with E-state index in [1.54, 1.807) is 12.1 Å². The Bertz CT molecular complexity index is 1050. The van der Waals surface area contributed by atoms with E-state index in [1.165, 1.54) is 17.0 Å². The van der Waals surface area contributed by atoms with Crippen LogP contribution in [0.1, 0.15) is 19.4 Å². The van der Waals surface area contributed by atoms with Gasteiger partial charge < -0.3 is 5.32 Å². The van der Waals surface area contributed by atoms with E-state index in [-0.39, 0.29) is 29.2 Å². The van der Waals surface area contributed by atoms with Crippen LogP contribution in [0.3, 0.4) is 0 Å². The van der Waals surface area contributed by atoms with Gasteiger partial charge in [-0.15, -0.1) is 0 Å². The number of amidine groups is 2. The average molecular weight is 410 g/mol. The first-order valence-corrected chi connectivity index (χ1v) is 10.2. The number of benzene rings is 2. The van der Waals surface area contributed by atoms with Gasteiger partial charge >= 0.3 is 0 Å². The molecule has 0 aromatic heterocycles. The summed E-state index contributed by atoms with van der Waals surface area (Å²) in [4.78, 5) is 36.0. The monoisotopic (exact) mass is 410 g/mol. The number of fused-ring (bicyclic) bond motifs is 3. The Labute approximate surface area is 171 Å². The van der Waals surface area contributed by atoms with E-state index in [1.807, 2.05) is 38.1 Å². The molecule has 148 valence electrons. The van der Waals surface area contributed by atoms with Crippen LogP contribution in [0, 0.1) is 11.7 Å². The maximum absolute atomic E-state index is 13.7. The molecular formula is C21H19FN4O2S. The number of hydrogen-bond acceptors (Lipinski definition) is 5. The Morgan fingerprint density at radius 2 is 1.93 bits per heavy atom. The summed E-state index contributed by atoms with van der Waals surface area (Å²) >= 11 is 1.13. The highest BCUT2D eigenvalue weighted by molar-refractivity contribution is 8.14. The van der Waals surface area contributed by atoms with Crippen molar-refractivity contribution in [1.82, 2.24) is 4.90 Å². The van der Waals surface area contributed by atoms with E-state index < -0.39 is 11.9 Å². The molecule has 4 rings (SSSR count). The Kier molecular flexibility index (Phi) is 5.19. The molecule has 2 aliphatic rings. The van der Waals surface area contributed by atoms with Gasteiger partial charge in [0.15, 0.2) is 5.17 Å². The quantitative estimate of drug-likeness (QED) is 0.833. The number of thioether (sulfide) groups is 1. The summed E-state index contributed by atoms with van der Waals surface area (Å²) in [6.07, 6.45) is 0. The van der Waals surface area contributed by atoms with Gasteiger partial charge in [-0.05, 0) is 30.2 Å². The molecule has 0 bridgehead atoms. The van der Waals surface area contributed by atoms with Gasteiger partial charge in [-0.1, -0.05) is 49.9 Å². The molecule has 6 nitrogen and oxygen atoms in total. The Morgan fingerprint density at radius 1 is 1.21 bits per heavy atom. The van der Waals surface area contributed by atoms with Crippen molar-refractivity contribution in [3.05, 3.63) is 59.9 Å². The van der Waals surface area contributed by atoms with Crippen molar-refractivity contribution in [2.75, 3.05) is 11.1 Å². The van der Waals surface area contributed by atoms with E-state index in [0.717, 1.165) is 17.3 Å². The number of carbonyl (C=O) groups excluding carboxylic acids is 2. The number of rotatable bonds is 4. The lowest BCUT2D eigenvalue weighted by Gasteiger charge is -2.25. The number of anilines is 1. The molecule has 0 saturated carbocycles. The van der Waals surface area contributed by atoms with Crippen molar-refractivity contribution in [1.29, 1.82) is 0 Å². The maximum atomic E-state index is 13.7. The second-order valence-electron chi connectivity index (χ2n) is 7.04. The number of nitrogens with one attached hydrogen (secondary N) is 1. The maximum Gasteiger partial charge on any atom is 0.259 e. The van der Waals surface area contributed by atoms with Gasteiger partial charge in [0.25, 0.3) is 5.91 Å². The fourth-order valence-corrected chi connectivity index (χ4v) is 3.98. The summed E-state index contributed by atoms with van der Waals surface area (Å²) < 4.78 is 13.7. The van der Waals surface area contributed by atoms with Crippen LogP contribution in [-0.4, -0.2) is 39.5 Å². The predicted molar refractivity (Wildman–Crippen MR) is 113 cm³/mol. The van der Waals surface area contributed by atoms with Crippen LogP contribution in [0.4, 0.5) is 15.8 Å². The van der Waals surface area contributed by atoms with E-state index in [9.17, 15) is 14.0 Å². The smallest absolute Gasteiger partial charge is 0.259 e. The summed E-state index contributed by atoms with van der Waals surface area (Å²) in [5, 5.41) is 2.95. The van der Waals surface area contributed by atoms with Gasteiger partial charge in [-0.2, -0.15) is 0 Å². The molecule has 0 aliphatic carbocycles. The zero-order valence-electron chi connectivity index (χ0n) is 15.9. The Balaban J connectivity index is 1.56. The van der Waals surface area contributed by atoms with Gasteiger partial charge in [0, 0.05) is 5.56 Å². The topological polar surface area (TPSA) is 74.1 Å². The zero-order valence-corrected chi connectivity index (χ0v) is 16.7. The van der Waals surface area contributed by atoms with Crippen LogP contribution in [0.15, 0.2) is 58.5 Å². The van der Waals surface area contributed by atoms with Crippen molar-refractivity contribution in [3.8, 4) is 0 Å². The van der Waals surface area contributed by atoms with E-state index in [4.69, 9.17) is 0 Å². The lowest BCUT2D eigenvalue weighted by Crippen LogP contribution is -2.42. The summed E-state index contributed by atoms with van der Waals surface area (Å²) in [6, 6.07) is 13.0. The van der Waals surface area contributed by atoms with Crippen LogP contribution in [0.25, 0.3) is 0 Å². The fraction of sp³-hybridized carbons (Fsp3) is 0.238. The van der Waals surface area contributed by atoms with Crippen LogP contribution in [0.2, 0.25) is 0 Å². The van der Waals surface area contributed by atoms with E-state index in [0.29, 0.717) is 16.7 Å². The molecule has 2 amide bonds. The van der Waals surface area contributed by atoms with Gasteiger partial charge in [-0.25, -0.2) is 14.3 Å². The van der Waals surface area contributed by atoms with Gasteiger partial charge in [0.2, 0.25) is 5.91 Å². The molecule has 0 saturated heterocycles. The third kappa shape index (κ3) is 3.67. The number of halogens is 1. The van der Waals surface area contributed by atoms with E-state index in [2.05, 4.69) is 15.3 Å². The molecule has 2 aromatic rings. The third-order valence-electron chi connectivity index (χ3n) is 4.61. The lowest BCUT2D eigenvalue weighted by molar-refractivity contribution is -0.125. The van der Waals surface area contributed by atoms with Gasteiger partial charge in [-0.3, -0.25) is 14.6 Å². The molecule has 1 N–H and O–H groups in total. The van der Waals surface area contributed by atoms with E-state index >= 15 is 0 Å². The molecule has 2 aromatic carbocycles.